The first-order valence-corrected chi connectivity index (χ1v) is 8.75. The van der Waals surface area contributed by atoms with Crippen molar-refractivity contribution < 1.29 is 17.6 Å². The van der Waals surface area contributed by atoms with E-state index in [1.54, 1.807) is 0 Å². The Kier molecular flexibility index (Phi) is 5.60. The lowest BCUT2D eigenvalue weighted by atomic mass is 10.3. The molecule has 0 spiro atoms. The van der Waals surface area contributed by atoms with Gasteiger partial charge in [0.2, 0.25) is 10.0 Å². The second-order valence-corrected chi connectivity index (χ2v) is 7.15. The summed E-state index contributed by atoms with van der Waals surface area (Å²) >= 11 is 0. The highest BCUT2D eigenvalue weighted by molar-refractivity contribution is 7.89. The van der Waals surface area contributed by atoms with E-state index in [0.717, 1.165) is 18.2 Å². The van der Waals surface area contributed by atoms with Crippen LogP contribution in [0.15, 0.2) is 23.1 Å². The number of anilines is 1. The van der Waals surface area contributed by atoms with Crippen molar-refractivity contribution in [3.63, 3.8) is 0 Å². The topological polar surface area (TPSA) is 118 Å². The first kappa shape index (κ1) is 16.5. The molecule has 1 atom stereocenters. The lowest BCUT2D eigenvalue weighted by Gasteiger charge is -2.10. The number of sulfonamides is 1. The number of rotatable bonds is 7. The Morgan fingerprint density at radius 1 is 1.40 bits per heavy atom. The molecule has 0 fully saturated rings. The highest BCUT2D eigenvalue weighted by Gasteiger charge is 2.20. The monoisotopic (exact) mass is 321 g/mol. The summed E-state index contributed by atoms with van der Waals surface area (Å²) < 4.78 is 37.3. The van der Waals surface area contributed by atoms with Gasteiger partial charge >= 0.3 is 0 Å². The minimum absolute atomic E-state index is 0.0333. The van der Waals surface area contributed by atoms with Crippen molar-refractivity contribution in [3.8, 4) is 0 Å². The average Bonchev–Trinajstić information content (AvgIpc) is 2.37. The molecule has 8 nitrogen and oxygen atoms in total. The summed E-state index contributed by atoms with van der Waals surface area (Å²) in [6.45, 7) is 0.0333. The molecule has 0 aliphatic heterocycles. The molecule has 0 saturated heterocycles. The molecule has 0 amide bonds. The Hall–Kier alpha value is -1.52. The van der Waals surface area contributed by atoms with Crippen LogP contribution < -0.4 is 10.0 Å². The average molecular weight is 321 g/mol. The van der Waals surface area contributed by atoms with Crippen LogP contribution >= 0.6 is 0 Å². The maximum Gasteiger partial charge on any atom is 0.271 e. The SMILES string of the molecule is CNc1cc([N+](=O)[O-])ccc1S(=O)(=O)NCCS(C)=O. The second kappa shape index (κ2) is 6.77. The summed E-state index contributed by atoms with van der Waals surface area (Å²) in [4.78, 5) is 9.96. The third kappa shape index (κ3) is 4.25. The van der Waals surface area contributed by atoms with Crippen molar-refractivity contribution >= 4 is 32.2 Å². The zero-order valence-electron chi connectivity index (χ0n) is 11.0. The van der Waals surface area contributed by atoms with E-state index in [1.165, 1.54) is 13.3 Å². The highest BCUT2D eigenvalue weighted by Crippen LogP contribution is 2.25. The summed E-state index contributed by atoms with van der Waals surface area (Å²) in [6, 6.07) is 3.43. The van der Waals surface area contributed by atoms with Gasteiger partial charge in [-0.1, -0.05) is 0 Å². The van der Waals surface area contributed by atoms with Crippen LogP contribution in [0.1, 0.15) is 0 Å². The lowest BCUT2D eigenvalue weighted by Crippen LogP contribution is -2.28. The van der Waals surface area contributed by atoms with Crippen molar-refractivity contribution in [1.29, 1.82) is 0 Å². The molecule has 1 aromatic rings. The fraction of sp³-hybridized carbons (Fsp3) is 0.400. The molecule has 2 N–H and O–H groups in total. The van der Waals surface area contributed by atoms with Crippen LogP contribution in [0.25, 0.3) is 0 Å². The van der Waals surface area contributed by atoms with Crippen LogP contribution in [0.3, 0.4) is 0 Å². The summed E-state index contributed by atoms with van der Waals surface area (Å²) in [7, 11) is -3.44. The number of nitrogens with one attached hydrogen (secondary N) is 2. The number of hydrogen-bond acceptors (Lipinski definition) is 6. The molecule has 0 aliphatic rings. The van der Waals surface area contributed by atoms with Gasteiger partial charge in [-0.15, -0.1) is 0 Å². The van der Waals surface area contributed by atoms with Gasteiger partial charge in [0.15, 0.2) is 0 Å². The van der Waals surface area contributed by atoms with Gasteiger partial charge in [-0.05, 0) is 6.07 Å². The van der Waals surface area contributed by atoms with Gasteiger partial charge in [0, 0.05) is 48.5 Å². The van der Waals surface area contributed by atoms with Gasteiger partial charge in [-0.2, -0.15) is 0 Å². The molecular weight excluding hydrogens is 306 g/mol. The van der Waals surface area contributed by atoms with Crippen molar-refractivity contribution in [2.45, 2.75) is 4.90 Å². The normalized spacial score (nSPS) is 12.9. The van der Waals surface area contributed by atoms with E-state index in [-0.39, 0.29) is 28.6 Å². The summed E-state index contributed by atoms with van der Waals surface area (Å²) in [5.74, 6) is 0.196. The van der Waals surface area contributed by atoms with Crippen LogP contribution in [-0.4, -0.2) is 43.2 Å². The summed E-state index contributed by atoms with van der Waals surface area (Å²) in [5, 5.41) is 13.3. The van der Waals surface area contributed by atoms with Gasteiger partial charge in [0.25, 0.3) is 5.69 Å². The maximum atomic E-state index is 12.1. The molecule has 0 aliphatic carbocycles. The summed E-state index contributed by atoms with van der Waals surface area (Å²) in [6.07, 6.45) is 1.47. The Balaban J connectivity index is 3.05. The number of nitrogens with zero attached hydrogens (tertiary/aromatic N) is 1. The number of nitro groups is 1. The number of hydrogen-bond donors (Lipinski definition) is 2. The molecule has 0 heterocycles. The van der Waals surface area contributed by atoms with Crippen LogP contribution in [-0.2, 0) is 20.8 Å². The van der Waals surface area contributed by atoms with Gasteiger partial charge in [0.05, 0.1) is 10.6 Å². The fourth-order valence-electron chi connectivity index (χ4n) is 1.46. The minimum atomic E-state index is -3.81. The van der Waals surface area contributed by atoms with E-state index in [2.05, 4.69) is 10.0 Å². The van der Waals surface area contributed by atoms with Gasteiger partial charge in [-0.25, -0.2) is 13.1 Å². The molecule has 0 radical (unpaired) electrons. The standard InChI is InChI=1S/C10H15N3O5S2/c1-11-9-7-8(13(14)15)3-4-10(9)20(17,18)12-5-6-19(2)16/h3-4,7,11-12H,5-6H2,1-2H3. The molecule has 1 rings (SSSR count). The smallest absolute Gasteiger partial charge is 0.271 e. The zero-order chi connectivity index (χ0) is 15.3. The van der Waals surface area contributed by atoms with Crippen molar-refractivity contribution in [2.75, 3.05) is 30.9 Å². The van der Waals surface area contributed by atoms with E-state index >= 15 is 0 Å². The zero-order valence-corrected chi connectivity index (χ0v) is 12.6. The molecule has 0 saturated carbocycles. The Morgan fingerprint density at radius 2 is 2.05 bits per heavy atom. The molecule has 0 aromatic heterocycles. The quantitative estimate of drug-likeness (QED) is 0.550. The fourth-order valence-corrected chi connectivity index (χ4v) is 3.20. The predicted octanol–water partition coefficient (Wildman–Crippen LogP) is 0.293. The van der Waals surface area contributed by atoms with Gasteiger partial charge < -0.3 is 5.32 Å². The first-order valence-electron chi connectivity index (χ1n) is 5.54. The van der Waals surface area contributed by atoms with Crippen LogP contribution in [0.4, 0.5) is 11.4 Å². The summed E-state index contributed by atoms with van der Waals surface area (Å²) in [5.41, 5.74) is -0.0766. The molecular formula is C10H15N3O5S2. The van der Waals surface area contributed by atoms with Crippen LogP contribution in [0, 0.1) is 10.1 Å². The van der Waals surface area contributed by atoms with Crippen molar-refractivity contribution in [2.24, 2.45) is 0 Å². The van der Waals surface area contributed by atoms with Gasteiger partial charge in [-0.3, -0.25) is 14.3 Å². The predicted molar refractivity (Wildman–Crippen MR) is 76.8 cm³/mol. The second-order valence-electron chi connectivity index (χ2n) is 3.86. The Morgan fingerprint density at radius 3 is 2.55 bits per heavy atom. The number of nitro benzene ring substituents is 1. The minimum Gasteiger partial charge on any atom is -0.387 e. The van der Waals surface area contributed by atoms with E-state index in [1.807, 2.05) is 0 Å². The lowest BCUT2D eigenvalue weighted by molar-refractivity contribution is -0.384. The van der Waals surface area contributed by atoms with E-state index in [4.69, 9.17) is 0 Å². The third-order valence-electron chi connectivity index (χ3n) is 2.41. The molecule has 20 heavy (non-hydrogen) atoms. The molecule has 112 valence electrons. The van der Waals surface area contributed by atoms with Crippen molar-refractivity contribution in [1.82, 2.24) is 4.72 Å². The third-order valence-corrected chi connectivity index (χ3v) is 4.71. The molecule has 1 aromatic carbocycles. The van der Waals surface area contributed by atoms with Gasteiger partial charge in [0.1, 0.15) is 4.90 Å². The Labute approximate surface area is 119 Å². The number of benzene rings is 1. The Bertz CT molecular complexity index is 630. The van der Waals surface area contributed by atoms with E-state index < -0.39 is 25.7 Å². The molecule has 1 unspecified atom stereocenters. The van der Waals surface area contributed by atoms with Crippen molar-refractivity contribution in [3.05, 3.63) is 28.3 Å². The van der Waals surface area contributed by atoms with Crippen LogP contribution in [0.5, 0.6) is 0 Å². The molecule has 10 heteroatoms. The largest absolute Gasteiger partial charge is 0.387 e. The van der Waals surface area contributed by atoms with E-state index in [0.29, 0.717) is 0 Å². The number of non-ortho nitro benzene ring substituents is 1. The first-order chi connectivity index (χ1) is 9.27. The molecule has 0 bridgehead atoms. The highest BCUT2D eigenvalue weighted by atomic mass is 32.2. The maximum absolute atomic E-state index is 12.1. The van der Waals surface area contributed by atoms with E-state index in [9.17, 15) is 22.7 Å². The van der Waals surface area contributed by atoms with Crippen LogP contribution in [0.2, 0.25) is 0 Å².